The number of benzene rings is 1. The van der Waals surface area contributed by atoms with Crippen LogP contribution >= 0.6 is 0 Å². The van der Waals surface area contributed by atoms with Gasteiger partial charge in [-0.25, -0.2) is 0 Å². The minimum atomic E-state index is -4.77. The Labute approximate surface area is 149 Å². The SMILES string of the molecule is CC(C)(CC(O)(Cc1cc2ccccc2[nH]1)C(F)(F)F)c1ccccn1. The topological polar surface area (TPSA) is 48.9 Å². The first-order valence-corrected chi connectivity index (χ1v) is 8.38. The largest absolute Gasteiger partial charge is 0.417 e. The van der Waals surface area contributed by atoms with Crippen molar-refractivity contribution in [2.45, 2.75) is 43.9 Å². The van der Waals surface area contributed by atoms with E-state index in [2.05, 4.69) is 9.97 Å². The summed E-state index contributed by atoms with van der Waals surface area (Å²) in [5.41, 5.74) is -2.20. The van der Waals surface area contributed by atoms with Gasteiger partial charge in [0.05, 0.1) is 0 Å². The predicted molar refractivity (Wildman–Crippen MR) is 94.9 cm³/mol. The number of para-hydroxylation sites is 1. The molecule has 1 aromatic carbocycles. The fraction of sp³-hybridized carbons (Fsp3) is 0.350. The van der Waals surface area contributed by atoms with Crippen LogP contribution in [0.3, 0.4) is 0 Å². The van der Waals surface area contributed by atoms with E-state index in [9.17, 15) is 18.3 Å². The van der Waals surface area contributed by atoms with Gasteiger partial charge in [0.15, 0.2) is 5.60 Å². The Morgan fingerprint density at radius 1 is 1.04 bits per heavy atom. The summed E-state index contributed by atoms with van der Waals surface area (Å²) in [5, 5.41) is 11.5. The first-order chi connectivity index (χ1) is 12.1. The van der Waals surface area contributed by atoms with Crippen LogP contribution in [0.2, 0.25) is 0 Å². The van der Waals surface area contributed by atoms with Crippen molar-refractivity contribution in [3.8, 4) is 0 Å². The molecule has 0 fully saturated rings. The maximum absolute atomic E-state index is 13.8. The van der Waals surface area contributed by atoms with Gasteiger partial charge >= 0.3 is 6.18 Å². The van der Waals surface area contributed by atoms with Crippen LogP contribution < -0.4 is 0 Å². The molecule has 26 heavy (non-hydrogen) atoms. The van der Waals surface area contributed by atoms with Gasteiger partial charge in [0.2, 0.25) is 0 Å². The molecular weight excluding hydrogens is 341 g/mol. The third-order valence-corrected chi connectivity index (χ3v) is 4.69. The number of fused-ring (bicyclic) bond motifs is 1. The molecule has 0 saturated carbocycles. The number of nitrogens with zero attached hydrogens (tertiary/aromatic N) is 1. The highest BCUT2D eigenvalue weighted by molar-refractivity contribution is 5.80. The van der Waals surface area contributed by atoms with Crippen LogP contribution in [0.4, 0.5) is 13.2 Å². The third-order valence-electron chi connectivity index (χ3n) is 4.69. The molecule has 2 N–H and O–H groups in total. The van der Waals surface area contributed by atoms with Crippen LogP contribution in [0.25, 0.3) is 10.9 Å². The van der Waals surface area contributed by atoms with Gasteiger partial charge in [0.1, 0.15) is 0 Å². The lowest BCUT2D eigenvalue weighted by Gasteiger charge is -2.37. The molecule has 3 rings (SSSR count). The quantitative estimate of drug-likeness (QED) is 0.687. The van der Waals surface area contributed by atoms with Crippen LogP contribution in [0.1, 0.15) is 31.7 Å². The second-order valence-electron chi connectivity index (χ2n) is 7.36. The maximum Gasteiger partial charge on any atom is 0.417 e. The molecule has 0 saturated heterocycles. The Kier molecular flexibility index (Phi) is 4.56. The lowest BCUT2D eigenvalue weighted by molar-refractivity contribution is -0.266. The zero-order valence-corrected chi connectivity index (χ0v) is 14.6. The van der Waals surface area contributed by atoms with E-state index in [0.29, 0.717) is 11.4 Å². The lowest BCUT2D eigenvalue weighted by Crippen LogP contribution is -2.51. The fourth-order valence-corrected chi connectivity index (χ4v) is 3.39. The van der Waals surface area contributed by atoms with Crippen LogP contribution in [-0.2, 0) is 11.8 Å². The summed E-state index contributed by atoms with van der Waals surface area (Å²) in [6.07, 6.45) is -4.25. The summed E-state index contributed by atoms with van der Waals surface area (Å²) >= 11 is 0. The highest BCUT2D eigenvalue weighted by Crippen LogP contribution is 2.42. The number of rotatable bonds is 5. The first-order valence-electron chi connectivity index (χ1n) is 8.38. The van der Waals surface area contributed by atoms with Gasteiger partial charge in [-0.15, -0.1) is 0 Å². The van der Waals surface area contributed by atoms with Crippen molar-refractivity contribution in [2.24, 2.45) is 0 Å². The standard InChI is InChI=1S/C20H21F3N2O/c1-18(2,17-9-5-6-10-24-17)13-19(26,20(21,22)23)12-15-11-14-7-3-4-8-16(14)25-15/h3-11,25-26H,12-13H2,1-2H3. The Hall–Kier alpha value is -2.34. The van der Waals surface area contributed by atoms with Gasteiger partial charge in [-0.2, -0.15) is 13.2 Å². The molecule has 0 aliphatic rings. The minimum Gasteiger partial charge on any atom is -0.380 e. The Morgan fingerprint density at radius 2 is 1.73 bits per heavy atom. The van der Waals surface area contributed by atoms with Crippen LogP contribution in [-0.4, -0.2) is 26.9 Å². The van der Waals surface area contributed by atoms with Gasteiger partial charge in [0, 0.05) is 34.9 Å². The van der Waals surface area contributed by atoms with Crippen LogP contribution in [0, 0.1) is 0 Å². The summed E-state index contributed by atoms with van der Waals surface area (Å²) in [6, 6.07) is 14.0. The highest BCUT2D eigenvalue weighted by atomic mass is 19.4. The molecule has 0 aliphatic heterocycles. The van der Waals surface area contributed by atoms with Crippen molar-refractivity contribution in [1.82, 2.24) is 9.97 Å². The number of alkyl halides is 3. The summed E-state index contributed by atoms with van der Waals surface area (Å²) in [5.74, 6) is 0. The second-order valence-corrected chi connectivity index (χ2v) is 7.36. The zero-order valence-electron chi connectivity index (χ0n) is 14.6. The molecule has 0 amide bonds. The van der Waals surface area contributed by atoms with Crippen molar-refractivity contribution in [1.29, 1.82) is 0 Å². The van der Waals surface area contributed by atoms with E-state index >= 15 is 0 Å². The first kappa shape index (κ1) is 18.5. The predicted octanol–water partition coefficient (Wildman–Crippen LogP) is 4.77. The van der Waals surface area contributed by atoms with Gasteiger partial charge in [-0.05, 0) is 36.1 Å². The summed E-state index contributed by atoms with van der Waals surface area (Å²) in [6.45, 7) is 3.33. The molecule has 0 spiro atoms. The van der Waals surface area contributed by atoms with E-state index in [-0.39, 0.29) is 0 Å². The van der Waals surface area contributed by atoms with E-state index in [4.69, 9.17) is 0 Å². The fourth-order valence-electron chi connectivity index (χ4n) is 3.39. The van der Waals surface area contributed by atoms with Gasteiger partial charge in [-0.1, -0.05) is 38.1 Å². The molecule has 0 aliphatic carbocycles. The van der Waals surface area contributed by atoms with Gasteiger partial charge in [0.25, 0.3) is 0 Å². The number of hydrogen-bond donors (Lipinski definition) is 2. The number of aromatic nitrogens is 2. The number of aliphatic hydroxyl groups is 1. The molecule has 1 unspecified atom stereocenters. The average Bonchev–Trinajstić information content (AvgIpc) is 2.96. The summed E-state index contributed by atoms with van der Waals surface area (Å²) < 4.78 is 41.4. The number of hydrogen-bond acceptors (Lipinski definition) is 2. The summed E-state index contributed by atoms with van der Waals surface area (Å²) in [4.78, 5) is 7.15. The number of nitrogens with one attached hydrogen (secondary N) is 1. The normalized spacial score (nSPS) is 15.2. The smallest absolute Gasteiger partial charge is 0.380 e. The Morgan fingerprint density at radius 3 is 2.35 bits per heavy atom. The van der Waals surface area contributed by atoms with E-state index < -0.39 is 30.0 Å². The molecule has 0 radical (unpaired) electrons. The minimum absolute atomic E-state index is 0.350. The van der Waals surface area contributed by atoms with Crippen molar-refractivity contribution < 1.29 is 18.3 Å². The molecule has 3 nitrogen and oxygen atoms in total. The molecule has 3 aromatic rings. The monoisotopic (exact) mass is 362 g/mol. The van der Waals surface area contributed by atoms with E-state index in [1.165, 1.54) is 0 Å². The van der Waals surface area contributed by atoms with Gasteiger partial charge in [-0.3, -0.25) is 4.98 Å². The van der Waals surface area contributed by atoms with Crippen molar-refractivity contribution in [2.75, 3.05) is 0 Å². The molecule has 2 heterocycles. The zero-order chi connectivity index (χ0) is 19.0. The number of halogens is 3. The lowest BCUT2D eigenvalue weighted by atomic mass is 9.75. The van der Waals surface area contributed by atoms with Gasteiger partial charge < -0.3 is 10.1 Å². The number of H-pyrrole nitrogens is 1. The second kappa shape index (κ2) is 6.43. The van der Waals surface area contributed by atoms with Crippen molar-refractivity contribution in [3.63, 3.8) is 0 Å². The molecule has 0 bridgehead atoms. The molecular formula is C20H21F3N2O. The average molecular weight is 362 g/mol. The van der Waals surface area contributed by atoms with Crippen LogP contribution in [0.15, 0.2) is 54.7 Å². The third kappa shape index (κ3) is 3.60. The molecule has 2 aromatic heterocycles. The van der Waals surface area contributed by atoms with Crippen LogP contribution in [0.5, 0.6) is 0 Å². The maximum atomic E-state index is 13.8. The summed E-state index contributed by atoms with van der Waals surface area (Å²) in [7, 11) is 0. The van der Waals surface area contributed by atoms with E-state index in [0.717, 1.165) is 10.9 Å². The highest BCUT2D eigenvalue weighted by Gasteiger charge is 2.56. The number of pyridine rings is 1. The van der Waals surface area contributed by atoms with E-state index in [1.54, 1.807) is 50.4 Å². The van der Waals surface area contributed by atoms with Crippen molar-refractivity contribution >= 4 is 10.9 Å². The van der Waals surface area contributed by atoms with E-state index in [1.807, 2.05) is 18.2 Å². The molecule has 6 heteroatoms. The molecule has 138 valence electrons. The number of aromatic amines is 1. The Balaban J connectivity index is 1.93. The molecule has 1 atom stereocenters. The van der Waals surface area contributed by atoms with Crippen molar-refractivity contribution in [3.05, 3.63) is 66.1 Å². The Bertz CT molecular complexity index is 854.